The van der Waals surface area contributed by atoms with Gasteiger partial charge in [-0.1, -0.05) is 0 Å². The lowest BCUT2D eigenvalue weighted by Gasteiger charge is -2.18. The van der Waals surface area contributed by atoms with Crippen LogP contribution in [0.25, 0.3) is 17.2 Å². The molecule has 1 aliphatic carbocycles. The van der Waals surface area contributed by atoms with Crippen molar-refractivity contribution in [2.75, 3.05) is 19.1 Å². The van der Waals surface area contributed by atoms with Crippen molar-refractivity contribution < 1.29 is 31.3 Å². The summed E-state index contributed by atoms with van der Waals surface area (Å²) in [5, 5.41) is 1.85. The van der Waals surface area contributed by atoms with Crippen LogP contribution in [0, 0.1) is 19.7 Å². The summed E-state index contributed by atoms with van der Waals surface area (Å²) in [4.78, 5) is 25.5. The van der Waals surface area contributed by atoms with Crippen molar-refractivity contribution in [2.24, 2.45) is 11.4 Å². The lowest BCUT2D eigenvalue weighted by molar-refractivity contribution is -0.136. The first-order valence-corrected chi connectivity index (χ1v) is 14.4. The van der Waals surface area contributed by atoms with Crippen LogP contribution < -0.4 is 15.6 Å². The van der Waals surface area contributed by atoms with E-state index in [2.05, 4.69) is 4.36 Å². The maximum absolute atomic E-state index is 13.9. The van der Waals surface area contributed by atoms with Crippen molar-refractivity contribution in [3.05, 3.63) is 80.5 Å². The largest absolute Gasteiger partial charge is 0.456 e. The molecule has 0 saturated heterocycles. The van der Waals surface area contributed by atoms with E-state index in [0.29, 0.717) is 45.0 Å². The van der Waals surface area contributed by atoms with Gasteiger partial charge < -0.3 is 14.6 Å². The van der Waals surface area contributed by atoms with Crippen LogP contribution in [0.1, 0.15) is 22.3 Å². The van der Waals surface area contributed by atoms with Gasteiger partial charge in [0, 0.05) is 64.2 Å². The number of aromatic nitrogens is 1. The Balaban J connectivity index is 1.91. The SMILES string of the molecule is Cc1cc(F)cc(C)c1Oc1ccc(N=S(C)(C)=O)cc1-c1cn(C)c(=O)c2c1C=C(C(=O)NCC(F)(F)F)C2. The first-order valence-electron chi connectivity index (χ1n) is 12.1. The number of carbonyl (C=O) groups excluding carboxylic acids is 1. The summed E-state index contributed by atoms with van der Waals surface area (Å²) in [6.07, 6.45) is 1.12. The average molecular weight is 578 g/mol. The van der Waals surface area contributed by atoms with E-state index >= 15 is 0 Å². The third kappa shape index (κ3) is 6.44. The fourth-order valence-electron chi connectivity index (χ4n) is 4.51. The Labute approximate surface area is 228 Å². The van der Waals surface area contributed by atoms with Crippen LogP contribution in [0.2, 0.25) is 0 Å². The summed E-state index contributed by atoms with van der Waals surface area (Å²) in [5.74, 6) is -0.642. The second-order valence-corrected chi connectivity index (χ2v) is 12.5. The number of alkyl halides is 3. The molecule has 0 radical (unpaired) electrons. The minimum atomic E-state index is -4.59. The Morgan fingerprint density at radius 3 is 2.38 bits per heavy atom. The topological polar surface area (TPSA) is 89.8 Å². The molecule has 0 fully saturated rings. The third-order valence-electron chi connectivity index (χ3n) is 6.16. The number of nitrogens with one attached hydrogen (secondary N) is 1. The summed E-state index contributed by atoms with van der Waals surface area (Å²) in [7, 11) is -1.03. The molecule has 3 aromatic rings. The van der Waals surface area contributed by atoms with E-state index in [-0.39, 0.29) is 17.6 Å². The van der Waals surface area contributed by atoms with Crippen LogP contribution in [0.5, 0.6) is 11.5 Å². The van der Waals surface area contributed by atoms with E-state index in [0.717, 1.165) is 0 Å². The molecule has 2 aromatic carbocycles. The molecule has 1 N–H and O–H groups in total. The number of amides is 1. The van der Waals surface area contributed by atoms with Crippen molar-refractivity contribution in [2.45, 2.75) is 26.4 Å². The molecule has 0 atom stereocenters. The maximum Gasteiger partial charge on any atom is 0.405 e. The highest BCUT2D eigenvalue weighted by Gasteiger charge is 2.31. The van der Waals surface area contributed by atoms with E-state index in [1.165, 1.54) is 48.5 Å². The molecular weight excluding hydrogens is 550 g/mol. The Morgan fingerprint density at radius 1 is 1.12 bits per heavy atom. The first kappa shape index (κ1) is 29.1. The maximum atomic E-state index is 13.9. The number of nitrogens with zero attached hydrogens (tertiary/aromatic N) is 2. The smallest absolute Gasteiger partial charge is 0.405 e. The molecule has 1 amide bonds. The number of pyridine rings is 1. The molecule has 0 spiro atoms. The molecular formula is C28H27F4N3O4S. The van der Waals surface area contributed by atoms with Crippen molar-refractivity contribution in [3.8, 4) is 22.6 Å². The summed E-state index contributed by atoms with van der Waals surface area (Å²) >= 11 is 0. The normalized spacial score (nSPS) is 13.1. The number of fused-ring (bicyclic) bond motifs is 1. The molecule has 1 aliphatic rings. The molecule has 4 rings (SSSR count). The molecule has 40 heavy (non-hydrogen) atoms. The van der Waals surface area contributed by atoms with E-state index < -0.39 is 39.7 Å². The van der Waals surface area contributed by atoms with Gasteiger partial charge >= 0.3 is 6.18 Å². The number of hydrogen-bond acceptors (Lipinski definition) is 5. The van der Waals surface area contributed by atoms with Crippen LogP contribution in [0.15, 0.2) is 51.3 Å². The van der Waals surface area contributed by atoms with E-state index in [4.69, 9.17) is 4.74 Å². The molecule has 12 heteroatoms. The Hall–Kier alpha value is -3.93. The predicted molar refractivity (Wildman–Crippen MR) is 146 cm³/mol. The quantitative estimate of drug-likeness (QED) is 0.388. The standard InChI is InChI=1S/C28H27F4N3O4S/c1-15-8-18(29)9-16(2)25(15)39-24-7-6-19(34-40(4,5)38)12-21(24)23-13-35(3)27(37)22-11-17(10-20(22)23)26(36)33-14-28(30,31)32/h6-10,12-13H,11,14H2,1-5H3,(H,33,36). The van der Waals surface area contributed by atoms with E-state index in [1.807, 2.05) is 5.32 Å². The molecule has 0 unspecified atom stereocenters. The summed E-state index contributed by atoms with van der Waals surface area (Å²) < 4.78 is 76.2. The number of hydrogen-bond donors (Lipinski definition) is 1. The lowest BCUT2D eigenvalue weighted by atomic mass is 9.98. The third-order valence-corrected chi connectivity index (χ3v) is 6.81. The van der Waals surface area contributed by atoms with Gasteiger partial charge in [-0.2, -0.15) is 17.5 Å². The van der Waals surface area contributed by atoms with Gasteiger partial charge in [-0.3, -0.25) is 9.59 Å². The highest BCUT2D eigenvalue weighted by Crippen LogP contribution is 2.42. The number of benzene rings is 2. The van der Waals surface area contributed by atoms with Crippen LogP contribution in [-0.2, 0) is 28.0 Å². The molecule has 0 bridgehead atoms. The Morgan fingerprint density at radius 2 is 1.77 bits per heavy atom. The fourth-order valence-corrected chi connectivity index (χ4v) is 5.14. The zero-order valence-corrected chi connectivity index (χ0v) is 23.2. The molecule has 1 aromatic heterocycles. The average Bonchev–Trinajstić information content (AvgIpc) is 3.27. The Bertz CT molecular complexity index is 1720. The minimum Gasteiger partial charge on any atom is -0.456 e. The summed E-state index contributed by atoms with van der Waals surface area (Å²) in [6.45, 7) is 1.88. The van der Waals surface area contributed by atoms with E-state index in [9.17, 15) is 31.4 Å². The highest BCUT2D eigenvalue weighted by atomic mass is 32.2. The highest BCUT2D eigenvalue weighted by molar-refractivity contribution is 7.92. The van der Waals surface area contributed by atoms with Crippen LogP contribution in [0.4, 0.5) is 23.2 Å². The zero-order valence-electron chi connectivity index (χ0n) is 22.4. The second-order valence-electron chi connectivity index (χ2n) is 9.92. The van der Waals surface area contributed by atoms with Crippen LogP contribution in [0.3, 0.4) is 0 Å². The fraction of sp³-hybridized carbons (Fsp3) is 0.286. The number of aryl methyl sites for hydroxylation is 3. The molecule has 212 valence electrons. The van der Waals surface area contributed by atoms with Gasteiger partial charge in [0.1, 0.15) is 23.9 Å². The zero-order chi connectivity index (χ0) is 29.6. The number of ether oxygens (including phenoxy) is 1. The van der Waals surface area contributed by atoms with Crippen molar-refractivity contribution >= 4 is 27.4 Å². The molecule has 0 aliphatic heterocycles. The lowest BCUT2D eigenvalue weighted by Crippen LogP contribution is -2.34. The molecule has 0 saturated carbocycles. The minimum absolute atomic E-state index is 0.00229. The molecule has 7 nitrogen and oxygen atoms in total. The van der Waals surface area contributed by atoms with Crippen LogP contribution >= 0.6 is 0 Å². The number of rotatable bonds is 6. The second kappa shape index (κ2) is 10.6. The van der Waals surface area contributed by atoms with E-state index in [1.54, 1.807) is 32.0 Å². The molecule has 1 heterocycles. The van der Waals surface area contributed by atoms with Gasteiger partial charge in [-0.15, -0.1) is 0 Å². The number of carbonyl (C=O) groups is 1. The van der Waals surface area contributed by atoms with Gasteiger partial charge in [-0.05, 0) is 66.9 Å². The monoisotopic (exact) mass is 577 g/mol. The van der Waals surface area contributed by atoms with Crippen LogP contribution in [-0.4, -0.2) is 39.9 Å². The summed E-state index contributed by atoms with van der Waals surface area (Å²) in [5.41, 5.74) is 2.48. The Kier molecular flexibility index (Phi) is 7.68. The van der Waals surface area contributed by atoms with Crippen molar-refractivity contribution in [3.63, 3.8) is 0 Å². The first-order chi connectivity index (χ1) is 18.5. The van der Waals surface area contributed by atoms with Crippen molar-refractivity contribution in [1.82, 2.24) is 9.88 Å². The van der Waals surface area contributed by atoms with Gasteiger partial charge in [-0.25, -0.2) is 8.60 Å². The van der Waals surface area contributed by atoms with Crippen molar-refractivity contribution in [1.29, 1.82) is 0 Å². The van der Waals surface area contributed by atoms with Gasteiger partial charge in [0.25, 0.3) is 5.56 Å². The van der Waals surface area contributed by atoms with Gasteiger partial charge in [0.2, 0.25) is 5.91 Å². The summed E-state index contributed by atoms with van der Waals surface area (Å²) in [6, 6.07) is 7.48. The van der Waals surface area contributed by atoms with Gasteiger partial charge in [0.05, 0.1) is 5.69 Å². The van der Waals surface area contributed by atoms with Gasteiger partial charge in [0.15, 0.2) is 0 Å². The predicted octanol–water partition coefficient (Wildman–Crippen LogP) is 5.58. The number of halogens is 4.